The molecule has 0 amide bonds. The Balaban J connectivity index is 2.90. The van der Waals surface area contributed by atoms with Crippen molar-refractivity contribution in [3.8, 4) is 0 Å². The fourth-order valence-electron chi connectivity index (χ4n) is 1.44. The molecule has 2 atom stereocenters. The molecule has 0 aliphatic rings. The summed E-state index contributed by atoms with van der Waals surface area (Å²) in [5, 5.41) is 19.4. The van der Waals surface area contributed by atoms with Gasteiger partial charge >= 0.3 is 0 Å². The zero-order valence-electron chi connectivity index (χ0n) is 8.87. The van der Waals surface area contributed by atoms with Crippen molar-refractivity contribution in [2.24, 2.45) is 5.73 Å². The Hall–Kier alpha value is -1.50. The number of methoxy groups -OCH3 is 1. The second kappa shape index (κ2) is 5.55. The quantitative estimate of drug-likeness (QED) is 0.566. The highest BCUT2D eigenvalue weighted by atomic mass is 16.6. The summed E-state index contributed by atoms with van der Waals surface area (Å²) in [5.41, 5.74) is 6.36. The first-order valence-corrected chi connectivity index (χ1v) is 4.73. The molecule has 0 aliphatic carbocycles. The van der Waals surface area contributed by atoms with Crippen molar-refractivity contribution < 1.29 is 14.8 Å². The van der Waals surface area contributed by atoms with Gasteiger partial charge in [0, 0.05) is 19.2 Å². The number of hydrogen-bond donors (Lipinski definition) is 2. The molecular weight excluding hydrogens is 212 g/mol. The number of nitrogens with two attached hydrogens (primary N) is 1. The van der Waals surface area contributed by atoms with Gasteiger partial charge in [0.05, 0.1) is 23.7 Å². The number of non-ortho nitro benzene ring substituents is 1. The van der Waals surface area contributed by atoms with E-state index < -0.39 is 17.1 Å². The van der Waals surface area contributed by atoms with E-state index in [1.54, 1.807) is 12.1 Å². The van der Waals surface area contributed by atoms with Crippen molar-refractivity contribution in [1.29, 1.82) is 0 Å². The van der Waals surface area contributed by atoms with Crippen LogP contribution in [-0.2, 0) is 4.74 Å². The minimum atomic E-state index is -0.550. The standard InChI is InChI=1S/C10H14N2O4/c1-16-10(9(11)6-13)7-2-4-8(5-3-7)12(14)15/h2-5,9-10,13H,6,11H2,1H3/t9-,10-/m1/s1. The summed E-state index contributed by atoms with van der Waals surface area (Å²) in [6.07, 6.45) is -0.467. The predicted molar refractivity (Wildman–Crippen MR) is 57.9 cm³/mol. The number of hydrogen-bond acceptors (Lipinski definition) is 5. The van der Waals surface area contributed by atoms with E-state index in [-0.39, 0.29) is 12.3 Å². The summed E-state index contributed by atoms with van der Waals surface area (Å²) in [6, 6.07) is 5.35. The summed E-state index contributed by atoms with van der Waals surface area (Å²) in [6.45, 7) is -0.213. The summed E-state index contributed by atoms with van der Waals surface area (Å²) in [5.74, 6) is 0. The number of nitrogens with zero attached hydrogens (tertiary/aromatic N) is 1. The summed E-state index contributed by atoms with van der Waals surface area (Å²) < 4.78 is 5.13. The van der Waals surface area contributed by atoms with E-state index in [1.165, 1.54) is 19.2 Å². The minimum absolute atomic E-state index is 0.0103. The van der Waals surface area contributed by atoms with Gasteiger partial charge in [0.25, 0.3) is 5.69 Å². The third-order valence-electron chi connectivity index (χ3n) is 2.29. The molecule has 0 bridgehead atoms. The van der Waals surface area contributed by atoms with E-state index in [9.17, 15) is 10.1 Å². The molecular formula is C10H14N2O4. The Bertz CT molecular complexity index is 352. The predicted octanol–water partition coefficient (Wildman–Crippen LogP) is 0.602. The Morgan fingerprint density at radius 3 is 2.44 bits per heavy atom. The van der Waals surface area contributed by atoms with Crippen LogP contribution in [0, 0.1) is 10.1 Å². The van der Waals surface area contributed by atoms with E-state index in [4.69, 9.17) is 15.6 Å². The van der Waals surface area contributed by atoms with Crippen molar-refractivity contribution in [2.45, 2.75) is 12.1 Å². The molecule has 0 unspecified atom stereocenters. The van der Waals surface area contributed by atoms with Gasteiger partial charge in [-0.2, -0.15) is 0 Å². The van der Waals surface area contributed by atoms with Crippen molar-refractivity contribution in [3.63, 3.8) is 0 Å². The van der Waals surface area contributed by atoms with Gasteiger partial charge in [0.1, 0.15) is 0 Å². The topological polar surface area (TPSA) is 98.6 Å². The highest BCUT2D eigenvalue weighted by Gasteiger charge is 2.19. The van der Waals surface area contributed by atoms with Gasteiger partial charge < -0.3 is 15.6 Å². The number of ether oxygens (including phenoxy) is 1. The molecule has 0 aliphatic heterocycles. The van der Waals surface area contributed by atoms with Crippen LogP contribution in [0.25, 0.3) is 0 Å². The Labute approximate surface area is 92.8 Å². The second-order valence-corrected chi connectivity index (χ2v) is 3.35. The lowest BCUT2D eigenvalue weighted by molar-refractivity contribution is -0.384. The fraction of sp³-hybridized carbons (Fsp3) is 0.400. The molecule has 1 rings (SSSR count). The van der Waals surface area contributed by atoms with Gasteiger partial charge in [-0.3, -0.25) is 10.1 Å². The lowest BCUT2D eigenvalue weighted by Gasteiger charge is -2.20. The van der Waals surface area contributed by atoms with Crippen LogP contribution in [0.15, 0.2) is 24.3 Å². The number of rotatable bonds is 5. The monoisotopic (exact) mass is 226 g/mol. The SMILES string of the molecule is CO[C@H](c1ccc([N+](=O)[O-])cc1)[C@H](N)CO. The molecule has 6 nitrogen and oxygen atoms in total. The van der Waals surface area contributed by atoms with E-state index in [0.717, 1.165) is 0 Å². The normalized spacial score (nSPS) is 14.4. The molecule has 0 saturated heterocycles. The molecule has 0 radical (unpaired) electrons. The average molecular weight is 226 g/mol. The van der Waals surface area contributed by atoms with Gasteiger partial charge in [-0.1, -0.05) is 0 Å². The highest BCUT2D eigenvalue weighted by Crippen LogP contribution is 2.22. The van der Waals surface area contributed by atoms with Crippen LogP contribution < -0.4 is 5.73 Å². The fourth-order valence-corrected chi connectivity index (χ4v) is 1.44. The van der Waals surface area contributed by atoms with Gasteiger partial charge in [0.15, 0.2) is 0 Å². The first-order valence-electron chi connectivity index (χ1n) is 4.73. The molecule has 0 aromatic heterocycles. The molecule has 16 heavy (non-hydrogen) atoms. The number of aliphatic hydroxyl groups is 1. The van der Waals surface area contributed by atoms with Crippen molar-refractivity contribution in [1.82, 2.24) is 0 Å². The molecule has 1 aromatic carbocycles. The van der Waals surface area contributed by atoms with Crippen LogP contribution in [0.2, 0.25) is 0 Å². The molecule has 1 aromatic rings. The average Bonchev–Trinajstić information content (AvgIpc) is 2.30. The van der Waals surface area contributed by atoms with Crippen LogP contribution >= 0.6 is 0 Å². The molecule has 0 saturated carbocycles. The lowest BCUT2D eigenvalue weighted by Crippen LogP contribution is -2.33. The third-order valence-corrected chi connectivity index (χ3v) is 2.29. The van der Waals surface area contributed by atoms with E-state index in [0.29, 0.717) is 5.56 Å². The van der Waals surface area contributed by atoms with Crippen molar-refractivity contribution >= 4 is 5.69 Å². The van der Waals surface area contributed by atoms with Crippen LogP contribution in [0.5, 0.6) is 0 Å². The van der Waals surface area contributed by atoms with Crippen LogP contribution in [-0.4, -0.2) is 29.8 Å². The van der Waals surface area contributed by atoms with Crippen molar-refractivity contribution in [2.75, 3.05) is 13.7 Å². The zero-order chi connectivity index (χ0) is 12.1. The van der Waals surface area contributed by atoms with E-state index in [1.807, 2.05) is 0 Å². The molecule has 0 fully saturated rings. The summed E-state index contributed by atoms with van der Waals surface area (Å²) >= 11 is 0. The summed E-state index contributed by atoms with van der Waals surface area (Å²) in [7, 11) is 1.47. The smallest absolute Gasteiger partial charge is 0.269 e. The third kappa shape index (κ3) is 2.75. The Morgan fingerprint density at radius 2 is 2.06 bits per heavy atom. The van der Waals surface area contributed by atoms with Crippen LogP contribution in [0.3, 0.4) is 0 Å². The Morgan fingerprint density at radius 1 is 1.50 bits per heavy atom. The molecule has 88 valence electrons. The maximum Gasteiger partial charge on any atom is 0.269 e. The van der Waals surface area contributed by atoms with E-state index >= 15 is 0 Å². The molecule has 6 heteroatoms. The summed E-state index contributed by atoms with van der Waals surface area (Å²) in [4.78, 5) is 9.98. The second-order valence-electron chi connectivity index (χ2n) is 3.35. The molecule has 0 spiro atoms. The van der Waals surface area contributed by atoms with Gasteiger partial charge in [-0.15, -0.1) is 0 Å². The van der Waals surface area contributed by atoms with Gasteiger partial charge in [0.2, 0.25) is 0 Å². The number of aliphatic hydroxyl groups excluding tert-OH is 1. The number of nitro benzene ring substituents is 1. The highest BCUT2D eigenvalue weighted by molar-refractivity contribution is 5.34. The maximum atomic E-state index is 10.5. The maximum absolute atomic E-state index is 10.5. The zero-order valence-corrected chi connectivity index (χ0v) is 8.87. The van der Waals surface area contributed by atoms with Crippen LogP contribution in [0.4, 0.5) is 5.69 Å². The van der Waals surface area contributed by atoms with Gasteiger partial charge in [-0.05, 0) is 17.7 Å². The Kier molecular flexibility index (Phi) is 4.36. The first-order chi connectivity index (χ1) is 7.60. The van der Waals surface area contributed by atoms with Gasteiger partial charge in [-0.25, -0.2) is 0 Å². The van der Waals surface area contributed by atoms with E-state index in [2.05, 4.69) is 0 Å². The number of benzene rings is 1. The largest absolute Gasteiger partial charge is 0.395 e. The first kappa shape index (κ1) is 12.6. The van der Waals surface area contributed by atoms with Crippen molar-refractivity contribution in [3.05, 3.63) is 39.9 Å². The molecule has 3 N–H and O–H groups in total. The minimum Gasteiger partial charge on any atom is -0.395 e. The number of nitro groups is 1. The lowest BCUT2D eigenvalue weighted by atomic mass is 10.0. The van der Waals surface area contributed by atoms with Crippen LogP contribution in [0.1, 0.15) is 11.7 Å². The molecule has 0 heterocycles.